The number of benzene rings is 3. The Hall–Kier alpha value is -3.44. The summed E-state index contributed by atoms with van der Waals surface area (Å²) in [6.45, 7) is 1.41. The molecule has 1 aromatic heterocycles. The number of amides is 1. The molecule has 0 bridgehead atoms. The highest BCUT2D eigenvalue weighted by Gasteiger charge is 2.27. The minimum absolute atomic E-state index is 0.0704. The van der Waals surface area contributed by atoms with Crippen LogP contribution in [0.3, 0.4) is 0 Å². The van der Waals surface area contributed by atoms with Crippen LogP contribution in [0.1, 0.15) is 28.9 Å². The fourth-order valence-corrected chi connectivity index (χ4v) is 4.77. The highest BCUT2D eigenvalue weighted by atomic mass is 35.5. The first-order valence-corrected chi connectivity index (χ1v) is 11.9. The van der Waals surface area contributed by atoms with Crippen molar-refractivity contribution >= 4 is 17.5 Å². The predicted octanol–water partition coefficient (Wildman–Crippen LogP) is 6.43. The molecule has 34 heavy (non-hydrogen) atoms. The maximum Gasteiger partial charge on any atom is 0.272 e. The van der Waals surface area contributed by atoms with Gasteiger partial charge in [-0.05, 0) is 73.2 Å². The summed E-state index contributed by atoms with van der Waals surface area (Å²) in [5.41, 5.74) is 3.77. The van der Waals surface area contributed by atoms with Gasteiger partial charge in [0.1, 0.15) is 11.5 Å². The van der Waals surface area contributed by atoms with Gasteiger partial charge in [0.2, 0.25) is 0 Å². The first-order valence-electron chi connectivity index (χ1n) is 11.5. The minimum Gasteiger partial charge on any atom is -0.337 e. The molecular formula is C28H25ClFN3O. The largest absolute Gasteiger partial charge is 0.337 e. The number of carbonyl (C=O) groups is 1. The maximum absolute atomic E-state index is 13.6. The monoisotopic (exact) mass is 473 g/mol. The number of para-hydroxylation sites is 1. The fraction of sp³-hybridized carbons (Fsp3) is 0.214. The van der Waals surface area contributed by atoms with Crippen LogP contribution >= 0.6 is 11.6 Å². The normalized spacial score (nSPS) is 14.4. The van der Waals surface area contributed by atoms with Gasteiger partial charge in [-0.15, -0.1) is 0 Å². The molecule has 5 rings (SSSR count). The van der Waals surface area contributed by atoms with E-state index >= 15 is 0 Å². The highest BCUT2D eigenvalue weighted by Crippen LogP contribution is 2.28. The molecule has 1 saturated heterocycles. The number of nitrogens with zero attached hydrogens (tertiary/aromatic N) is 3. The SMILES string of the molecule is O=C(c1cc(-c2ccc(F)cc2)nn1-c1ccccc1Cl)N1CCC(Cc2ccccc2)CC1. The summed E-state index contributed by atoms with van der Waals surface area (Å²) in [6, 6.07) is 25.7. The van der Waals surface area contributed by atoms with Gasteiger partial charge < -0.3 is 4.90 Å². The van der Waals surface area contributed by atoms with E-state index in [4.69, 9.17) is 16.7 Å². The number of likely N-dealkylation sites (tertiary alicyclic amines) is 1. The Balaban J connectivity index is 1.40. The van der Waals surface area contributed by atoms with Crippen LogP contribution in [0, 0.1) is 11.7 Å². The molecule has 2 heterocycles. The second kappa shape index (κ2) is 9.82. The zero-order valence-corrected chi connectivity index (χ0v) is 19.5. The van der Waals surface area contributed by atoms with E-state index in [0.717, 1.165) is 24.8 Å². The summed E-state index contributed by atoms with van der Waals surface area (Å²) in [5.74, 6) is 0.178. The number of piperidine rings is 1. The second-order valence-electron chi connectivity index (χ2n) is 8.71. The number of hydrogen-bond acceptors (Lipinski definition) is 2. The molecule has 1 aliphatic rings. The quantitative estimate of drug-likeness (QED) is 0.335. The van der Waals surface area contributed by atoms with E-state index in [0.29, 0.717) is 41.1 Å². The van der Waals surface area contributed by atoms with Gasteiger partial charge in [-0.1, -0.05) is 54.1 Å². The summed E-state index contributed by atoms with van der Waals surface area (Å²) in [6.07, 6.45) is 2.96. The Labute approximate surface area is 203 Å². The van der Waals surface area contributed by atoms with E-state index < -0.39 is 0 Å². The lowest BCUT2D eigenvalue weighted by atomic mass is 9.90. The molecule has 0 spiro atoms. The molecule has 172 valence electrons. The van der Waals surface area contributed by atoms with Crippen LogP contribution in [-0.4, -0.2) is 33.7 Å². The molecule has 0 aliphatic carbocycles. The second-order valence-corrected chi connectivity index (χ2v) is 9.12. The maximum atomic E-state index is 13.6. The van der Waals surface area contributed by atoms with Gasteiger partial charge in [0.25, 0.3) is 5.91 Å². The molecule has 0 N–H and O–H groups in total. The third-order valence-corrected chi connectivity index (χ3v) is 6.74. The molecule has 6 heteroatoms. The number of rotatable bonds is 5. The van der Waals surface area contributed by atoms with Crippen LogP contribution in [0.5, 0.6) is 0 Å². The summed E-state index contributed by atoms with van der Waals surface area (Å²) in [5, 5.41) is 5.20. The Morgan fingerprint density at radius 3 is 2.32 bits per heavy atom. The number of hydrogen-bond donors (Lipinski definition) is 0. The first kappa shape index (κ1) is 22.4. The summed E-state index contributed by atoms with van der Waals surface area (Å²) >= 11 is 6.46. The number of aromatic nitrogens is 2. The summed E-state index contributed by atoms with van der Waals surface area (Å²) in [4.78, 5) is 15.5. The Bertz CT molecular complexity index is 1280. The van der Waals surface area contributed by atoms with Crippen LogP contribution in [0.2, 0.25) is 5.02 Å². The topological polar surface area (TPSA) is 38.1 Å². The van der Waals surface area contributed by atoms with Crippen LogP contribution < -0.4 is 0 Å². The van der Waals surface area contributed by atoms with E-state index in [9.17, 15) is 9.18 Å². The summed E-state index contributed by atoms with van der Waals surface area (Å²) in [7, 11) is 0. The van der Waals surface area contributed by atoms with Crippen molar-refractivity contribution in [3.63, 3.8) is 0 Å². The van der Waals surface area contributed by atoms with Gasteiger partial charge in [-0.2, -0.15) is 5.10 Å². The van der Waals surface area contributed by atoms with Crippen molar-refractivity contribution in [1.82, 2.24) is 14.7 Å². The lowest BCUT2D eigenvalue weighted by molar-refractivity contribution is 0.0681. The Morgan fingerprint density at radius 1 is 0.941 bits per heavy atom. The Morgan fingerprint density at radius 2 is 1.62 bits per heavy atom. The van der Waals surface area contributed by atoms with Crippen molar-refractivity contribution in [1.29, 1.82) is 0 Å². The average molecular weight is 474 g/mol. The fourth-order valence-electron chi connectivity index (χ4n) is 4.55. The third-order valence-electron chi connectivity index (χ3n) is 6.42. The van der Waals surface area contributed by atoms with E-state index in [1.54, 1.807) is 28.9 Å². The van der Waals surface area contributed by atoms with E-state index in [2.05, 4.69) is 24.3 Å². The number of carbonyl (C=O) groups excluding carboxylic acids is 1. The van der Waals surface area contributed by atoms with Gasteiger partial charge in [-0.25, -0.2) is 9.07 Å². The predicted molar refractivity (Wildman–Crippen MR) is 133 cm³/mol. The van der Waals surface area contributed by atoms with Gasteiger partial charge in [-0.3, -0.25) is 4.79 Å². The molecule has 0 saturated carbocycles. The lowest BCUT2D eigenvalue weighted by Crippen LogP contribution is -2.39. The number of halogens is 2. The van der Waals surface area contributed by atoms with Gasteiger partial charge >= 0.3 is 0 Å². The smallest absolute Gasteiger partial charge is 0.272 e. The van der Waals surface area contributed by atoms with Crippen molar-refractivity contribution in [2.75, 3.05) is 13.1 Å². The van der Waals surface area contributed by atoms with Crippen LogP contribution in [0.4, 0.5) is 4.39 Å². The molecule has 1 amide bonds. The molecule has 1 aliphatic heterocycles. The molecule has 0 unspecified atom stereocenters. The Kier molecular flexibility index (Phi) is 6.45. The van der Waals surface area contributed by atoms with Crippen molar-refractivity contribution in [3.8, 4) is 16.9 Å². The lowest BCUT2D eigenvalue weighted by Gasteiger charge is -2.32. The van der Waals surface area contributed by atoms with Crippen LogP contribution in [0.25, 0.3) is 16.9 Å². The molecule has 3 aromatic carbocycles. The first-order chi connectivity index (χ1) is 16.6. The highest BCUT2D eigenvalue weighted by molar-refractivity contribution is 6.32. The van der Waals surface area contributed by atoms with Crippen molar-refractivity contribution in [2.45, 2.75) is 19.3 Å². The van der Waals surface area contributed by atoms with Gasteiger partial charge in [0, 0.05) is 18.7 Å². The zero-order valence-electron chi connectivity index (χ0n) is 18.7. The average Bonchev–Trinajstić information content (AvgIpc) is 3.31. The third kappa shape index (κ3) is 4.75. The van der Waals surface area contributed by atoms with Crippen LogP contribution in [0.15, 0.2) is 84.9 Å². The van der Waals surface area contributed by atoms with Crippen LogP contribution in [-0.2, 0) is 6.42 Å². The standard InChI is InChI=1S/C28H25ClFN3O/c29-24-8-4-5-9-26(24)33-27(19-25(31-33)22-10-12-23(30)13-11-22)28(34)32-16-14-21(15-17-32)18-20-6-2-1-3-7-20/h1-13,19,21H,14-18H2. The molecule has 1 fully saturated rings. The van der Waals surface area contributed by atoms with E-state index in [1.165, 1.54) is 17.7 Å². The molecule has 0 atom stereocenters. The van der Waals surface area contributed by atoms with Crippen molar-refractivity contribution in [2.24, 2.45) is 5.92 Å². The summed E-state index contributed by atoms with van der Waals surface area (Å²) < 4.78 is 15.1. The molecule has 4 nitrogen and oxygen atoms in total. The van der Waals surface area contributed by atoms with E-state index in [1.807, 2.05) is 29.2 Å². The molecule has 0 radical (unpaired) electrons. The molecule has 4 aromatic rings. The van der Waals surface area contributed by atoms with Crippen molar-refractivity contribution in [3.05, 3.63) is 107 Å². The van der Waals surface area contributed by atoms with E-state index in [-0.39, 0.29) is 11.7 Å². The van der Waals surface area contributed by atoms with Gasteiger partial charge in [0.15, 0.2) is 0 Å². The van der Waals surface area contributed by atoms with Gasteiger partial charge in [0.05, 0.1) is 16.4 Å². The minimum atomic E-state index is -0.316. The molecular weight excluding hydrogens is 449 g/mol. The zero-order chi connectivity index (χ0) is 23.5. The van der Waals surface area contributed by atoms with Crippen molar-refractivity contribution < 1.29 is 9.18 Å².